The molecule has 0 bridgehead atoms. The highest BCUT2D eigenvalue weighted by Gasteiger charge is 2.10. The Morgan fingerprint density at radius 3 is 2.22 bits per heavy atom. The predicted octanol–water partition coefficient (Wildman–Crippen LogP) is 2.15. The van der Waals surface area contributed by atoms with Crippen molar-refractivity contribution in [3.8, 4) is 0 Å². The molecule has 2 amide bonds. The number of aryl methyl sites for hydroxylation is 2. The Bertz CT molecular complexity index is 580. The Balaban J connectivity index is 2.29. The first-order valence-electron chi connectivity index (χ1n) is 7.96. The van der Waals surface area contributed by atoms with E-state index in [1.807, 2.05) is 39.8 Å². The fraction of sp³-hybridized carbons (Fsp3) is 0.500. The maximum absolute atomic E-state index is 12.1. The van der Waals surface area contributed by atoms with Gasteiger partial charge in [0, 0.05) is 37.4 Å². The molecule has 1 aromatic rings. The van der Waals surface area contributed by atoms with Crippen LogP contribution in [-0.4, -0.2) is 30.7 Å². The van der Waals surface area contributed by atoms with Crippen molar-refractivity contribution in [2.45, 2.75) is 40.5 Å². The highest BCUT2D eigenvalue weighted by atomic mass is 16.2. The molecule has 0 aliphatic rings. The first-order valence-corrected chi connectivity index (χ1v) is 7.96. The van der Waals surface area contributed by atoms with Crippen molar-refractivity contribution in [1.82, 2.24) is 10.6 Å². The van der Waals surface area contributed by atoms with Gasteiger partial charge in [0.25, 0.3) is 0 Å². The first-order chi connectivity index (χ1) is 10.8. The lowest BCUT2D eigenvalue weighted by Crippen LogP contribution is -2.36. The summed E-state index contributed by atoms with van der Waals surface area (Å²) in [5.74, 6) is -0.317. The van der Waals surface area contributed by atoms with E-state index in [0.717, 1.165) is 11.1 Å². The molecule has 0 aromatic heterocycles. The third-order valence-corrected chi connectivity index (χ3v) is 3.68. The normalized spacial score (nSPS) is 10.5. The van der Waals surface area contributed by atoms with Gasteiger partial charge in [-0.1, -0.05) is 26.0 Å². The van der Waals surface area contributed by atoms with Crippen LogP contribution in [-0.2, 0) is 9.59 Å². The summed E-state index contributed by atoms with van der Waals surface area (Å²) in [5, 5.41) is 5.42. The third kappa shape index (κ3) is 6.63. The lowest BCUT2D eigenvalue weighted by atomic mass is 10.0. The van der Waals surface area contributed by atoms with Gasteiger partial charge in [0.2, 0.25) is 11.8 Å². The van der Waals surface area contributed by atoms with Crippen molar-refractivity contribution in [2.75, 3.05) is 13.1 Å². The minimum atomic E-state index is -0.180. The summed E-state index contributed by atoms with van der Waals surface area (Å²) in [7, 11) is 0. The Morgan fingerprint density at radius 1 is 0.957 bits per heavy atom. The number of ketones is 1. The minimum Gasteiger partial charge on any atom is -0.354 e. The van der Waals surface area contributed by atoms with E-state index in [2.05, 4.69) is 10.6 Å². The Morgan fingerprint density at radius 2 is 1.61 bits per heavy atom. The second kappa shape index (κ2) is 9.08. The molecule has 0 heterocycles. The van der Waals surface area contributed by atoms with Gasteiger partial charge in [0.05, 0.1) is 0 Å². The molecular weight excluding hydrogens is 292 g/mol. The summed E-state index contributed by atoms with van der Waals surface area (Å²) in [6, 6.07) is 5.57. The van der Waals surface area contributed by atoms with Crippen molar-refractivity contribution >= 4 is 17.6 Å². The van der Waals surface area contributed by atoms with E-state index in [1.165, 1.54) is 0 Å². The SMILES string of the molecule is Cc1ccc(C(=O)CCC(=O)NCCNC(=O)C(C)C)cc1C. The molecule has 0 spiro atoms. The smallest absolute Gasteiger partial charge is 0.222 e. The summed E-state index contributed by atoms with van der Waals surface area (Å²) in [5.41, 5.74) is 2.86. The van der Waals surface area contributed by atoms with E-state index < -0.39 is 0 Å². The number of benzene rings is 1. The van der Waals surface area contributed by atoms with Gasteiger partial charge in [0.15, 0.2) is 5.78 Å². The summed E-state index contributed by atoms with van der Waals surface area (Å²) in [6.45, 7) is 8.35. The molecule has 0 atom stereocenters. The monoisotopic (exact) mass is 318 g/mol. The van der Waals surface area contributed by atoms with Crippen LogP contribution in [0.1, 0.15) is 48.2 Å². The van der Waals surface area contributed by atoms with E-state index in [1.54, 1.807) is 6.07 Å². The third-order valence-electron chi connectivity index (χ3n) is 3.68. The molecule has 0 fully saturated rings. The summed E-state index contributed by atoms with van der Waals surface area (Å²) in [4.78, 5) is 35.1. The lowest BCUT2D eigenvalue weighted by molar-refractivity contribution is -0.124. The number of amides is 2. The number of nitrogens with one attached hydrogen (secondary N) is 2. The number of rotatable bonds is 8. The van der Waals surface area contributed by atoms with E-state index in [0.29, 0.717) is 18.7 Å². The standard InChI is InChI=1S/C18H26N2O3/c1-12(2)18(23)20-10-9-19-17(22)8-7-16(21)15-6-5-13(3)14(4)11-15/h5-6,11-12H,7-10H2,1-4H3,(H,19,22)(H,20,23). The fourth-order valence-electron chi connectivity index (χ4n) is 1.97. The van der Waals surface area contributed by atoms with Crippen molar-refractivity contribution < 1.29 is 14.4 Å². The number of carbonyl (C=O) groups is 3. The fourth-order valence-corrected chi connectivity index (χ4v) is 1.97. The average Bonchev–Trinajstić information content (AvgIpc) is 2.51. The van der Waals surface area contributed by atoms with Crippen LogP contribution in [0.4, 0.5) is 0 Å². The molecule has 1 aromatic carbocycles. The number of Topliss-reactive ketones (excluding diaryl/α,β-unsaturated/α-hetero) is 1. The minimum absolute atomic E-state index is 0.0311. The van der Waals surface area contributed by atoms with Crippen LogP contribution in [0.2, 0.25) is 0 Å². The van der Waals surface area contributed by atoms with E-state index in [9.17, 15) is 14.4 Å². The molecule has 126 valence electrons. The topological polar surface area (TPSA) is 75.3 Å². The maximum atomic E-state index is 12.1. The average molecular weight is 318 g/mol. The molecule has 0 aliphatic carbocycles. The summed E-state index contributed by atoms with van der Waals surface area (Å²) in [6.07, 6.45) is 0.344. The quantitative estimate of drug-likeness (QED) is 0.570. The molecule has 2 N–H and O–H groups in total. The Hall–Kier alpha value is -2.17. The van der Waals surface area contributed by atoms with Gasteiger partial charge >= 0.3 is 0 Å². The van der Waals surface area contributed by atoms with E-state index in [-0.39, 0.29) is 36.4 Å². The molecule has 1 rings (SSSR count). The second-order valence-corrected chi connectivity index (χ2v) is 6.02. The summed E-state index contributed by atoms with van der Waals surface area (Å²) < 4.78 is 0. The molecule has 0 saturated heterocycles. The van der Waals surface area contributed by atoms with Gasteiger partial charge in [-0.25, -0.2) is 0 Å². The lowest BCUT2D eigenvalue weighted by Gasteiger charge is -2.09. The highest BCUT2D eigenvalue weighted by Crippen LogP contribution is 2.12. The van der Waals surface area contributed by atoms with Gasteiger partial charge in [-0.15, -0.1) is 0 Å². The van der Waals surface area contributed by atoms with Crippen LogP contribution >= 0.6 is 0 Å². The molecule has 5 nitrogen and oxygen atoms in total. The van der Waals surface area contributed by atoms with Gasteiger partial charge < -0.3 is 10.6 Å². The maximum Gasteiger partial charge on any atom is 0.222 e. The van der Waals surface area contributed by atoms with Crippen LogP contribution in [0.5, 0.6) is 0 Å². The van der Waals surface area contributed by atoms with Gasteiger partial charge in [0.1, 0.15) is 0 Å². The van der Waals surface area contributed by atoms with Crippen LogP contribution in [0.25, 0.3) is 0 Å². The molecule has 5 heteroatoms. The van der Waals surface area contributed by atoms with Crippen molar-refractivity contribution in [2.24, 2.45) is 5.92 Å². The Kier molecular flexibility index (Phi) is 7.45. The van der Waals surface area contributed by atoms with E-state index in [4.69, 9.17) is 0 Å². The molecule has 0 radical (unpaired) electrons. The zero-order valence-corrected chi connectivity index (χ0v) is 14.4. The predicted molar refractivity (Wildman–Crippen MR) is 90.3 cm³/mol. The second-order valence-electron chi connectivity index (χ2n) is 6.02. The van der Waals surface area contributed by atoms with Gasteiger partial charge in [-0.3, -0.25) is 14.4 Å². The number of carbonyl (C=O) groups excluding carboxylic acids is 3. The Labute approximate surface area is 137 Å². The van der Waals surface area contributed by atoms with Crippen LogP contribution in [0, 0.1) is 19.8 Å². The number of hydrogen-bond acceptors (Lipinski definition) is 3. The molecule has 23 heavy (non-hydrogen) atoms. The largest absolute Gasteiger partial charge is 0.354 e. The van der Waals surface area contributed by atoms with Crippen molar-refractivity contribution in [1.29, 1.82) is 0 Å². The molecule has 0 aliphatic heterocycles. The highest BCUT2D eigenvalue weighted by molar-refractivity contribution is 5.98. The zero-order valence-electron chi connectivity index (χ0n) is 14.4. The van der Waals surface area contributed by atoms with Gasteiger partial charge in [-0.2, -0.15) is 0 Å². The van der Waals surface area contributed by atoms with Crippen LogP contribution in [0.15, 0.2) is 18.2 Å². The zero-order chi connectivity index (χ0) is 17.4. The summed E-state index contributed by atoms with van der Waals surface area (Å²) >= 11 is 0. The first kappa shape index (κ1) is 18.9. The van der Waals surface area contributed by atoms with Gasteiger partial charge in [-0.05, 0) is 31.0 Å². The number of hydrogen-bond donors (Lipinski definition) is 2. The van der Waals surface area contributed by atoms with E-state index >= 15 is 0 Å². The van der Waals surface area contributed by atoms with Crippen molar-refractivity contribution in [3.05, 3.63) is 34.9 Å². The van der Waals surface area contributed by atoms with Crippen LogP contribution in [0.3, 0.4) is 0 Å². The van der Waals surface area contributed by atoms with Crippen LogP contribution < -0.4 is 10.6 Å². The molecular formula is C18H26N2O3. The molecule has 0 saturated carbocycles. The van der Waals surface area contributed by atoms with Crippen molar-refractivity contribution in [3.63, 3.8) is 0 Å². The molecule has 0 unspecified atom stereocenters.